The van der Waals surface area contributed by atoms with Crippen LogP contribution in [-0.2, 0) is 0 Å². The normalized spacial score (nSPS) is 10.4. The molecule has 2 aromatic carbocycles. The summed E-state index contributed by atoms with van der Waals surface area (Å²) in [5.74, 6) is -0.265. The Morgan fingerprint density at radius 3 is 2.39 bits per heavy atom. The van der Waals surface area contributed by atoms with Gasteiger partial charge in [-0.3, -0.25) is 9.78 Å². The highest BCUT2D eigenvalue weighted by Gasteiger charge is 2.10. The van der Waals surface area contributed by atoms with Gasteiger partial charge < -0.3 is 15.5 Å². The Kier molecular flexibility index (Phi) is 6.50. The number of hydrogen-bond donors (Lipinski definition) is 2. The first kappa shape index (κ1) is 19.7. The molecule has 1 heterocycles. The Morgan fingerprint density at radius 1 is 1.00 bits per heavy atom. The van der Waals surface area contributed by atoms with E-state index in [0.717, 1.165) is 35.8 Å². The predicted octanol–water partition coefficient (Wildman–Crippen LogP) is 5.58. The topological polar surface area (TPSA) is 57.3 Å². The largest absolute Gasteiger partial charge is 0.372 e. The number of carbonyl (C=O) groups excluding carboxylic acids is 1. The molecule has 1 aromatic heterocycles. The number of nitrogens with one attached hydrogen (secondary N) is 2. The van der Waals surface area contributed by atoms with Crippen LogP contribution in [-0.4, -0.2) is 24.0 Å². The highest BCUT2D eigenvalue weighted by molar-refractivity contribution is 6.33. The van der Waals surface area contributed by atoms with Gasteiger partial charge in [-0.15, -0.1) is 0 Å². The van der Waals surface area contributed by atoms with Crippen LogP contribution in [0.2, 0.25) is 5.02 Å². The molecule has 0 bridgehead atoms. The van der Waals surface area contributed by atoms with Gasteiger partial charge in [0.1, 0.15) is 5.69 Å². The minimum absolute atomic E-state index is 0.265. The molecule has 6 heteroatoms. The molecule has 0 radical (unpaired) electrons. The molecule has 2 N–H and O–H groups in total. The van der Waals surface area contributed by atoms with Crippen LogP contribution >= 0.6 is 11.6 Å². The summed E-state index contributed by atoms with van der Waals surface area (Å²) in [6.45, 7) is 6.12. The Labute approximate surface area is 170 Å². The van der Waals surface area contributed by atoms with Crippen molar-refractivity contribution in [2.75, 3.05) is 28.6 Å². The lowest BCUT2D eigenvalue weighted by Crippen LogP contribution is -2.21. The lowest BCUT2D eigenvalue weighted by molar-refractivity contribution is 0.102. The average molecular weight is 395 g/mol. The Hall–Kier alpha value is -3.05. The highest BCUT2D eigenvalue weighted by Crippen LogP contribution is 2.25. The van der Waals surface area contributed by atoms with Crippen molar-refractivity contribution in [3.8, 4) is 0 Å². The number of nitrogens with zero attached hydrogens (tertiary/aromatic N) is 2. The fraction of sp³-hybridized carbons (Fsp3) is 0.182. The molecule has 0 aliphatic carbocycles. The number of hydrogen-bond acceptors (Lipinski definition) is 4. The van der Waals surface area contributed by atoms with Gasteiger partial charge in [-0.1, -0.05) is 23.7 Å². The summed E-state index contributed by atoms with van der Waals surface area (Å²) in [4.78, 5) is 19.0. The van der Waals surface area contributed by atoms with Crippen LogP contribution in [0.15, 0.2) is 66.9 Å². The fourth-order valence-corrected chi connectivity index (χ4v) is 3.07. The van der Waals surface area contributed by atoms with Gasteiger partial charge in [0.15, 0.2) is 0 Å². The van der Waals surface area contributed by atoms with Crippen molar-refractivity contribution in [2.45, 2.75) is 13.8 Å². The van der Waals surface area contributed by atoms with E-state index in [4.69, 9.17) is 11.6 Å². The minimum atomic E-state index is -0.265. The van der Waals surface area contributed by atoms with E-state index in [1.165, 1.54) is 0 Å². The second kappa shape index (κ2) is 9.24. The smallest absolute Gasteiger partial charge is 0.274 e. The maximum atomic E-state index is 12.6. The van der Waals surface area contributed by atoms with E-state index in [9.17, 15) is 4.79 Å². The van der Waals surface area contributed by atoms with Crippen LogP contribution in [0, 0.1) is 0 Å². The molecule has 3 aromatic rings. The zero-order valence-electron chi connectivity index (χ0n) is 15.9. The number of carbonyl (C=O) groups is 1. The Balaban J connectivity index is 1.70. The van der Waals surface area contributed by atoms with E-state index in [2.05, 4.69) is 34.4 Å². The number of amides is 1. The number of para-hydroxylation sites is 1. The molecule has 0 saturated carbocycles. The molecule has 0 unspecified atom stereocenters. The standard InChI is InChI=1S/C22H23ClN4O/c1-3-27(4-2)18-11-9-16(10-12-18)26-22(28)21-15-17(13-14-24-21)25-20-8-6-5-7-19(20)23/h5-15H,3-4H2,1-2H3,(H,24,25)(H,26,28). The van der Waals surface area contributed by atoms with E-state index in [1.54, 1.807) is 24.4 Å². The molecular weight excluding hydrogens is 372 g/mol. The van der Waals surface area contributed by atoms with Gasteiger partial charge in [-0.05, 0) is 62.4 Å². The fourth-order valence-electron chi connectivity index (χ4n) is 2.89. The Bertz CT molecular complexity index is 939. The van der Waals surface area contributed by atoms with Crippen molar-refractivity contribution < 1.29 is 4.79 Å². The van der Waals surface area contributed by atoms with Gasteiger partial charge >= 0.3 is 0 Å². The average Bonchev–Trinajstić information content (AvgIpc) is 2.72. The third-order valence-electron chi connectivity index (χ3n) is 4.40. The molecule has 0 aliphatic heterocycles. The quantitative estimate of drug-likeness (QED) is 0.549. The first-order valence-electron chi connectivity index (χ1n) is 9.24. The first-order valence-corrected chi connectivity index (χ1v) is 9.62. The van der Waals surface area contributed by atoms with Gasteiger partial charge in [-0.25, -0.2) is 0 Å². The van der Waals surface area contributed by atoms with Gasteiger partial charge in [0.05, 0.1) is 10.7 Å². The summed E-state index contributed by atoms with van der Waals surface area (Å²) in [5.41, 5.74) is 3.70. The lowest BCUT2D eigenvalue weighted by Gasteiger charge is -2.21. The van der Waals surface area contributed by atoms with Crippen molar-refractivity contribution >= 4 is 40.3 Å². The van der Waals surface area contributed by atoms with E-state index in [-0.39, 0.29) is 5.91 Å². The van der Waals surface area contributed by atoms with Crippen LogP contribution in [0.4, 0.5) is 22.7 Å². The maximum absolute atomic E-state index is 12.6. The monoisotopic (exact) mass is 394 g/mol. The van der Waals surface area contributed by atoms with Crippen LogP contribution in [0.1, 0.15) is 24.3 Å². The number of rotatable bonds is 7. The Morgan fingerprint density at radius 2 is 1.71 bits per heavy atom. The molecule has 0 saturated heterocycles. The number of benzene rings is 2. The second-order valence-corrected chi connectivity index (χ2v) is 6.62. The van der Waals surface area contributed by atoms with E-state index < -0.39 is 0 Å². The summed E-state index contributed by atoms with van der Waals surface area (Å²) >= 11 is 6.18. The third kappa shape index (κ3) is 4.81. The van der Waals surface area contributed by atoms with Crippen LogP contribution in [0.3, 0.4) is 0 Å². The van der Waals surface area contributed by atoms with Gasteiger partial charge in [0.25, 0.3) is 5.91 Å². The van der Waals surface area contributed by atoms with E-state index in [0.29, 0.717) is 10.7 Å². The number of halogens is 1. The molecular formula is C22H23ClN4O. The molecule has 0 aliphatic rings. The second-order valence-electron chi connectivity index (χ2n) is 6.21. The predicted molar refractivity (Wildman–Crippen MR) is 117 cm³/mol. The SMILES string of the molecule is CCN(CC)c1ccc(NC(=O)c2cc(Nc3ccccc3Cl)ccn2)cc1. The van der Waals surface area contributed by atoms with Gasteiger partial charge in [0.2, 0.25) is 0 Å². The van der Waals surface area contributed by atoms with E-state index in [1.807, 2.05) is 42.5 Å². The van der Waals surface area contributed by atoms with Crippen molar-refractivity contribution in [3.63, 3.8) is 0 Å². The first-order chi connectivity index (χ1) is 13.6. The van der Waals surface area contributed by atoms with Crippen molar-refractivity contribution in [1.29, 1.82) is 0 Å². The third-order valence-corrected chi connectivity index (χ3v) is 4.73. The highest BCUT2D eigenvalue weighted by atomic mass is 35.5. The van der Waals surface area contributed by atoms with Gasteiger partial charge in [0, 0.05) is 36.3 Å². The van der Waals surface area contributed by atoms with Crippen LogP contribution in [0.5, 0.6) is 0 Å². The zero-order valence-corrected chi connectivity index (χ0v) is 16.7. The summed E-state index contributed by atoms with van der Waals surface area (Å²) in [5, 5.41) is 6.71. The molecule has 0 atom stereocenters. The molecule has 0 fully saturated rings. The molecule has 0 spiro atoms. The van der Waals surface area contributed by atoms with Crippen molar-refractivity contribution in [1.82, 2.24) is 4.98 Å². The maximum Gasteiger partial charge on any atom is 0.274 e. The van der Waals surface area contributed by atoms with Crippen LogP contribution in [0.25, 0.3) is 0 Å². The molecule has 5 nitrogen and oxygen atoms in total. The van der Waals surface area contributed by atoms with Crippen molar-refractivity contribution in [3.05, 3.63) is 77.6 Å². The molecule has 28 heavy (non-hydrogen) atoms. The number of anilines is 4. The number of aromatic nitrogens is 1. The van der Waals surface area contributed by atoms with Crippen LogP contribution < -0.4 is 15.5 Å². The molecule has 1 amide bonds. The zero-order chi connectivity index (χ0) is 19.9. The molecule has 144 valence electrons. The summed E-state index contributed by atoms with van der Waals surface area (Å²) in [6, 6.07) is 18.7. The lowest BCUT2D eigenvalue weighted by atomic mass is 10.2. The van der Waals surface area contributed by atoms with Gasteiger partial charge in [-0.2, -0.15) is 0 Å². The summed E-state index contributed by atoms with van der Waals surface area (Å²) in [7, 11) is 0. The van der Waals surface area contributed by atoms with Crippen molar-refractivity contribution in [2.24, 2.45) is 0 Å². The summed E-state index contributed by atoms with van der Waals surface area (Å²) in [6.07, 6.45) is 1.59. The number of pyridine rings is 1. The summed E-state index contributed by atoms with van der Waals surface area (Å²) < 4.78 is 0. The molecule has 3 rings (SSSR count). The van der Waals surface area contributed by atoms with E-state index >= 15 is 0 Å². The minimum Gasteiger partial charge on any atom is -0.372 e.